The minimum atomic E-state index is -1.39. The van der Waals surface area contributed by atoms with Crippen molar-refractivity contribution >= 4 is 11.9 Å². The Kier molecular flexibility index (Phi) is 3.62. The Morgan fingerprint density at radius 1 is 1.42 bits per heavy atom. The maximum atomic E-state index is 11.7. The monoisotopic (exact) mass is 266 g/mol. The number of furan rings is 1. The molecule has 0 radical (unpaired) electrons. The van der Waals surface area contributed by atoms with Gasteiger partial charge in [0.1, 0.15) is 0 Å². The molecule has 0 aliphatic carbocycles. The van der Waals surface area contributed by atoms with Crippen molar-refractivity contribution in [2.45, 2.75) is 6.04 Å². The van der Waals surface area contributed by atoms with Gasteiger partial charge in [-0.3, -0.25) is 4.79 Å². The van der Waals surface area contributed by atoms with Crippen LogP contribution < -0.4 is 5.32 Å². The van der Waals surface area contributed by atoms with Crippen LogP contribution in [0.15, 0.2) is 33.4 Å². The smallest absolute Gasteiger partial charge is 0.328 e. The topological polar surface area (TPSA) is 126 Å². The molecule has 1 amide bonds. The Morgan fingerprint density at radius 3 is 2.79 bits per heavy atom. The van der Waals surface area contributed by atoms with Crippen molar-refractivity contribution in [2.24, 2.45) is 0 Å². The van der Waals surface area contributed by atoms with E-state index in [9.17, 15) is 9.59 Å². The second kappa shape index (κ2) is 5.36. The predicted octanol–water partition coefficient (Wildman–Crippen LogP) is 0.110. The van der Waals surface area contributed by atoms with Crippen LogP contribution in [0.1, 0.15) is 10.5 Å². The van der Waals surface area contributed by atoms with E-state index >= 15 is 0 Å². The summed E-state index contributed by atoms with van der Waals surface area (Å²) in [5.74, 6) is -1.47. The van der Waals surface area contributed by atoms with Crippen molar-refractivity contribution in [3.63, 3.8) is 0 Å². The number of aromatic nitrogens is 1. The second-order valence-corrected chi connectivity index (χ2v) is 3.60. The van der Waals surface area contributed by atoms with E-state index in [1.165, 1.54) is 12.3 Å². The second-order valence-electron chi connectivity index (χ2n) is 3.60. The number of aliphatic hydroxyl groups is 1. The van der Waals surface area contributed by atoms with Gasteiger partial charge in [-0.05, 0) is 12.1 Å². The van der Waals surface area contributed by atoms with Crippen LogP contribution in [0.3, 0.4) is 0 Å². The van der Waals surface area contributed by atoms with E-state index < -0.39 is 24.5 Å². The summed E-state index contributed by atoms with van der Waals surface area (Å²) < 4.78 is 9.94. The summed E-state index contributed by atoms with van der Waals surface area (Å²) in [6, 6.07) is 3.18. The van der Waals surface area contributed by atoms with E-state index in [2.05, 4.69) is 10.5 Å². The average Bonchev–Trinajstić information content (AvgIpc) is 3.04. The van der Waals surface area contributed by atoms with Gasteiger partial charge in [-0.25, -0.2) is 4.79 Å². The lowest BCUT2D eigenvalue weighted by molar-refractivity contribution is -0.140. The number of carboxylic acid groups (broad SMARTS) is 1. The third kappa shape index (κ3) is 2.80. The third-order valence-corrected chi connectivity index (χ3v) is 2.29. The molecular weight excluding hydrogens is 256 g/mol. The summed E-state index contributed by atoms with van der Waals surface area (Å²) in [4.78, 5) is 22.3. The molecule has 0 aliphatic rings. The van der Waals surface area contributed by atoms with E-state index in [4.69, 9.17) is 19.2 Å². The molecule has 0 bridgehead atoms. The van der Waals surface area contributed by atoms with Crippen LogP contribution in [0.2, 0.25) is 0 Å². The highest BCUT2D eigenvalue weighted by Gasteiger charge is 2.22. The minimum Gasteiger partial charge on any atom is -0.480 e. The van der Waals surface area contributed by atoms with Gasteiger partial charge in [-0.15, -0.1) is 0 Å². The molecule has 0 aliphatic heterocycles. The highest BCUT2D eigenvalue weighted by Crippen LogP contribution is 2.20. The largest absolute Gasteiger partial charge is 0.480 e. The van der Waals surface area contributed by atoms with Crippen molar-refractivity contribution in [3.05, 3.63) is 30.2 Å². The van der Waals surface area contributed by atoms with Crippen molar-refractivity contribution in [3.8, 4) is 11.5 Å². The molecule has 8 heteroatoms. The van der Waals surface area contributed by atoms with Crippen LogP contribution in [0.5, 0.6) is 0 Å². The molecule has 0 aromatic carbocycles. The van der Waals surface area contributed by atoms with Crippen molar-refractivity contribution in [2.75, 3.05) is 6.61 Å². The number of nitrogens with one attached hydrogen (secondary N) is 1. The first-order chi connectivity index (χ1) is 9.11. The van der Waals surface area contributed by atoms with Gasteiger partial charge in [-0.1, -0.05) is 5.16 Å². The van der Waals surface area contributed by atoms with Crippen LogP contribution in [-0.2, 0) is 4.79 Å². The minimum absolute atomic E-state index is 0.105. The van der Waals surface area contributed by atoms with Crippen LogP contribution >= 0.6 is 0 Å². The number of rotatable bonds is 5. The fourth-order valence-electron chi connectivity index (χ4n) is 1.33. The molecule has 0 saturated heterocycles. The van der Waals surface area contributed by atoms with E-state index in [0.29, 0.717) is 5.76 Å². The molecule has 0 unspecified atom stereocenters. The van der Waals surface area contributed by atoms with E-state index in [0.717, 1.165) is 0 Å². The molecule has 2 rings (SSSR count). The van der Waals surface area contributed by atoms with Gasteiger partial charge in [-0.2, -0.15) is 0 Å². The highest BCUT2D eigenvalue weighted by molar-refractivity contribution is 5.95. The van der Waals surface area contributed by atoms with Gasteiger partial charge in [0.25, 0.3) is 5.91 Å². The molecule has 2 aromatic rings. The van der Waals surface area contributed by atoms with Crippen LogP contribution in [-0.4, -0.2) is 39.9 Å². The van der Waals surface area contributed by atoms with Crippen molar-refractivity contribution < 1.29 is 28.7 Å². The first kappa shape index (κ1) is 12.8. The fraction of sp³-hybridized carbons (Fsp3) is 0.182. The molecule has 0 saturated carbocycles. The number of aliphatic carboxylic acids is 1. The van der Waals surface area contributed by atoms with Crippen molar-refractivity contribution in [1.82, 2.24) is 10.5 Å². The summed E-state index contributed by atoms with van der Waals surface area (Å²) in [5, 5.41) is 23.1. The van der Waals surface area contributed by atoms with Crippen LogP contribution in [0, 0.1) is 0 Å². The summed E-state index contributed by atoms with van der Waals surface area (Å²) >= 11 is 0. The summed E-state index contributed by atoms with van der Waals surface area (Å²) in [5.41, 5.74) is -0.105. The number of carbonyl (C=O) groups is 2. The average molecular weight is 266 g/mol. The zero-order chi connectivity index (χ0) is 13.8. The number of aliphatic hydroxyl groups excluding tert-OH is 1. The van der Waals surface area contributed by atoms with Crippen LogP contribution in [0.4, 0.5) is 0 Å². The molecule has 3 N–H and O–H groups in total. The predicted molar refractivity (Wildman–Crippen MR) is 60.2 cm³/mol. The standard InChI is InChI=1S/C11H10N2O6/c14-5-7(11(16)17)12-10(15)6-4-9(19-13-6)8-2-1-3-18-8/h1-4,7,14H,5H2,(H,12,15)(H,16,17)/t7-/m0/s1. The quantitative estimate of drug-likeness (QED) is 0.701. The Bertz CT molecular complexity index is 574. The number of nitrogens with zero attached hydrogens (tertiary/aromatic N) is 1. The zero-order valence-electron chi connectivity index (χ0n) is 9.57. The normalized spacial score (nSPS) is 12.1. The maximum Gasteiger partial charge on any atom is 0.328 e. The number of hydrogen-bond acceptors (Lipinski definition) is 6. The molecule has 2 heterocycles. The molecule has 8 nitrogen and oxygen atoms in total. The molecule has 2 aromatic heterocycles. The lowest BCUT2D eigenvalue weighted by atomic mass is 10.2. The molecule has 0 fully saturated rings. The number of carboxylic acids is 1. The van der Waals surface area contributed by atoms with Gasteiger partial charge >= 0.3 is 5.97 Å². The zero-order valence-corrected chi connectivity index (χ0v) is 9.57. The van der Waals surface area contributed by atoms with Gasteiger partial charge in [0.05, 0.1) is 12.9 Å². The SMILES string of the molecule is O=C(N[C@@H](CO)C(=O)O)c1cc(-c2ccco2)on1. The number of amides is 1. The summed E-state index contributed by atoms with van der Waals surface area (Å²) in [7, 11) is 0. The van der Waals surface area contributed by atoms with E-state index in [-0.39, 0.29) is 11.5 Å². The molecule has 19 heavy (non-hydrogen) atoms. The van der Waals surface area contributed by atoms with Gasteiger partial charge < -0.3 is 24.5 Å². The fourth-order valence-corrected chi connectivity index (χ4v) is 1.33. The van der Waals surface area contributed by atoms with Crippen molar-refractivity contribution in [1.29, 1.82) is 0 Å². The summed E-state index contributed by atoms with van der Waals surface area (Å²) in [6.45, 7) is -0.718. The molecule has 1 atom stereocenters. The Balaban J connectivity index is 2.10. The first-order valence-corrected chi connectivity index (χ1v) is 5.27. The Labute approximate surface area is 106 Å². The Morgan fingerprint density at radius 2 is 2.21 bits per heavy atom. The lowest BCUT2D eigenvalue weighted by Gasteiger charge is -2.09. The number of hydrogen-bond donors (Lipinski definition) is 3. The Hall–Kier alpha value is -2.61. The third-order valence-electron chi connectivity index (χ3n) is 2.29. The van der Waals surface area contributed by atoms with E-state index in [1.807, 2.05) is 0 Å². The summed E-state index contributed by atoms with van der Waals surface area (Å²) in [6.07, 6.45) is 1.43. The molecule has 0 spiro atoms. The highest BCUT2D eigenvalue weighted by atomic mass is 16.5. The van der Waals surface area contributed by atoms with Gasteiger partial charge in [0, 0.05) is 6.07 Å². The number of carbonyl (C=O) groups excluding carboxylic acids is 1. The van der Waals surface area contributed by atoms with Gasteiger partial charge in [0.2, 0.25) is 5.76 Å². The van der Waals surface area contributed by atoms with Gasteiger partial charge in [0.15, 0.2) is 17.5 Å². The first-order valence-electron chi connectivity index (χ1n) is 5.27. The van der Waals surface area contributed by atoms with E-state index in [1.54, 1.807) is 12.1 Å². The van der Waals surface area contributed by atoms with Crippen LogP contribution in [0.25, 0.3) is 11.5 Å². The lowest BCUT2D eigenvalue weighted by Crippen LogP contribution is -2.43. The molecule has 100 valence electrons. The maximum absolute atomic E-state index is 11.7. The molecular formula is C11H10N2O6.